The Morgan fingerprint density at radius 3 is 2.54 bits per heavy atom. The molecule has 1 heterocycles. The number of amides is 1. The highest BCUT2D eigenvalue weighted by atomic mass is 35.5. The second-order valence-corrected chi connectivity index (χ2v) is 8.55. The summed E-state index contributed by atoms with van der Waals surface area (Å²) < 4.78 is 12.4. The average Bonchev–Trinajstić information content (AvgIpc) is 3.32. The minimum absolute atomic E-state index is 0.0904. The molecular formula is C25H22ClN5O3S. The zero-order valence-corrected chi connectivity index (χ0v) is 20.6. The van der Waals surface area contributed by atoms with Gasteiger partial charge >= 0.3 is 0 Å². The number of hydrogen-bond acceptors (Lipinski definition) is 7. The zero-order chi connectivity index (χ0) is 24.6. The van der Waals surface area contributed by atoms with E-state index in [1.165, 1.54) is 18.0 Å². The minimum Gasteiger partial charge on any atom is -0.497 e. The number of aromatic nitrogens is 3. The Balaban J connectivity index is 1.49. The van der Waals surface area contributed by atoms with Crippen LogP contribution in [0.1, 0.15) is 5.56 Å². The van der Waals surface area contributed by atoms with Crippen molar-refractivity contribution in [2.24, 2.45) is 5.10 Å². The number of methoxy groups -OCH3 is 2. The quantitative estimate of drug-likeness (QED) is 0.198. The summed E-state index contributed by atoms with van der Waals surface area (Å²) in [6, 6.07) is 22.4. The van der Waals surface area contributed by atoms with Crippen LogP contribution in [0.15, 0.2) is 83.1 Å². The fourth-order valence-corrected chi connectivity index (χ4v) is 4.11. The van der Waals surface area contributed by atoms with Crippen LogP contribution in [-0.4, -0.2) is 46.9 Å². The summed E-state index contributed by atoms with van der Waals surface area (Å²) in [4.78, 5) is 12.5. The third-order valence-electron chi connectivity index (χ3n) is 4.91. The molecule has 0 unspecified atom stereocenters. The van der Waals surface area contributed by atoms with Crippen molar-refractivity contribution in [3.63, 3.8) is 0 Å². The van der Waals surface area contributed by atoms with Crippen LogP contribution in [0.2, 0.25) is 5.02 Å². The molecule has 3 aromatic carbocycles. The molecule has 4 aromatic rings. The number of ether oxygens (including phenoxy) is 2. The first-order valence-corrected chi connectivity index (χ1v) is 11.9. The van der Waals surface area contributed by atoms with E-state index in [2.05, 4.69) is 20.7 Å². The van der Waals surface area contributed by atoms with E-state index in [9.17, 15) is 4.79 Å². The third-order valence-corrected chi connectivity index (χ3v) is 6.09. The smallest absolute Gasteiger partial charge is 0.250 e. The lowest BCUT2D eigenvalue weighted by Gasteiger charge is -2.10. The van der Waals surface area contributed by atoms with Gasteiger partial charge in [0.2, 0.25) is 0 Å². The lowest BCUT2D eigenvalue weighted by atomic mass is 10.2. The first-order chi connectivity index (χ1) is 17.1. The van der Waals surface area contributed by atoms with Gasteiger partial charge in [-0.1, -0.05) is 53.7 Å². The number of hydrogen-bond donors (Lipinski definition) is 1. The summed E-state index contributed by atoms with van der Waals surface area (Å²) in [5, 5.41) is 13.9. The predicted molar refractivity (Wildman–Crippen MR) is 138 cm³/mol. The minimum atomic E-state index is -0.292. The largest absolute Gasteiger partial charge is 0.497 e. The van der Waals surface area contributed by atoms with Gasteiger partial charge in [0, 0.05) is 21.8 Å². The summed E-state index contributed by atoms with van der Waals surface area (Å²) in [7, 11) is 3.14. The van der Waals surface area contributed by atoms with Gasteiger partial charge in [-0.25, -0.2) is 5.43 Å². The van der Waals surface area contributed by atoms with Crippen LogP contribution in [0.4, 0.5) is 0 Å². The van der Waals surface area contributed by atoms with Crippen molar-refractivity contribution in [2.75, 3.05) is 20.0 Å². The molecule has 35 heavy (non-hydrogen) atoms. The summed E-state index contributed by atoms with van der Waals surface area (Å²) in [6.45, 7) is 0. The normalized spacial score (nSPS) is 10.9. The molecule has 0 saturated carbocycles. The Hall–Kier alpha value is -3.82. The fourth-order valence-electron chi connectivity index (χ4n) is 3.24. The lowest BCUT2D eigenvalue weighted by Crippen LogP contribution is -2.20. The predicted octanol–water partition coefficient (Wildman–Crippen LogP) is 4.85. The van der Waals surface area contributed by atoms with Crippen molar-refractivity contribution < 1.29 is 14.3 Å². The number of thioether (sulfide) groups is 1. The van der Waals surface area contributed by atoms with Crippen LogP contribution in [0.3, 0.4) is 0 Å². The molecule has 0 aliphatic carbocycles. The van der Waals surface area contributed by atoms with Crippen molar-refractivity contribution in [2.45, 2.75) is 5.16 Å². The number of rotatable bonds is 9. The topological polar surface area (TPSA) is 90.6 Å². The summed E-state index contributed by atoms with van der Waals surface area (Å²) >= 11 is 7.33. The van der Waals surface area contributed by atoms with E-state index in [0.29, 0.717) is 33.1 Å². The average molecular weight is 508 g/mol. The van der Waals surface area contributed by atoms with Gasteiger partial charge in [-0.3, -0.25) is 9.36 Å². The molecule has 10 heteroatoms. The van der Waals surface area contributed by atoms with E-state index in [4.69, 9.17) is 21.1 Å². The first-order valence-electron chi connectivity index (χ1n) is 10.5. The maximum atomic E-state index is 12.5. The van der Waals surface area contributed by atoms with Gasteiger partial charge in [-0.05, 0) is 42.5 Å². The van der Waals surface area contributed by atoms with Crippen LogP contribution in [-0.2, 0) is 4.79 Å². The van der Waals surface area contributed by atoms with Crippen molar-refractivity contribution in [3.8, 4) is 28.6 Å². The Bertz CT molecular complexity index is 1330. The van der Waals surface area contributed by atoms with Gasteiger partial charge in [-0.15, -0.1) is 10.2 Å². The third kappa shape index (κ3) is 6.00. The highest BCUT2D eigenvalue weighted by Crippen LogP contribution is 2.28. The van der Waals surface area contributed by atoms with Crippen LogP contribution < -0.4 is 14.9 Å². The second-order valence-electron chi connectivity index (χ2n) is 7.17. The molecule has 0 atom stereocenters. The number of carbonyl (C=O) groups is 1. The maximum Gasteiger partial charge on any atom is 0.250 e. The highest BCUT2D eigenvalue weighted by Gasteiger charge is 2.17. The zero-order valence-electron chi connectivity index (χ0n) is 19.0. The molecule has 0 bridgehead atoms. The second kappa shape index (κ2) is 11.5. The molecule has 178 valence electrons. The van der Waals surface area contributed by atoms with Crippen LogP contribution in [0.5, 0.6) is 11.5 Å². The van der Waals surface area contributed by atoms with E-state index >= 15 is 0 Å². The monoisotopic (exact) mass is 507 g/mol. The SMILES string of the molecule is COc1ccc(OC)c(C=NNC(=O)CSc2nnc(-c3ccccc3)n2-c2ccc(Cl)cc2)c1. The summed E-state index contributed by atoms with van der Waals surface area (Å²) in [6.07, 6.45) is 1.51. The van der Waals surface area contributed by atoms with Crippen LogP contribution in [0, 0.1) is 0 Å². The Morgan fingerprint density at radius 1 is 1.06 bits per heavy atom. The molecule has 0 aliphatic heterocycles. The van der Waals surface area contributed by atoms with Gasteiger partial charge < -0.3 is 9.47 Å². The maximum absolute atomic E-state index is 12.5. The Morgan fingerprint density at radius 2 is 1.83 bits per heavy atom. The van der Waals surface area contributed by atoms with E-state index < -0.39 is 0 Å². The molecule has 1 amide bonds. The van der Waals surface area contributed by atoms with Crippen molar-refractivity contribution in [1.82, 2.24) is 20.2 Å². The van der Waals surface area contributed by atoms with Crippen LogP contribution in [0.25, 0.3) is 17.1 Å². The molecule has 0 fully saturated rings. The fraction of sp³-hybridized carbons (Fsp3) is 0.120. The first kappa shape index (κ1) is 24.3. The van der Waals surface area contributed by atoms with Crippen molar-refractivity contribution in [1.29, 1.82) is 0 Å². The van der Waals surface area contributed by atoms with Gasteiger partial charge in [-0.2, -0.15) is 5.10 Å². The van der Waals surface area contributed by atoms with E-state index in [0.717, 1.165) is 11.3 Å². The molecular weight excluding hydrogens is 486 g/mol. The Labute approximate surface area is 211 Å². The molecule has 4 rings (SSSR count). The van der Waals surface area contributed by atoms with Gasteiger partial charge in [0.1, 0.15) is 11.5 Å². The number of nitrogens with zero attached hydrogens (tertiary/aromatic N) is 4. The van der Waals surface area contributed by atoms with Gasteiger partial charge in [0.05, 0.1) is 26.2 Å². The van der Waals surface area contributed by atoms with E-state index in [-0.39, 0.29) is 11.7 Å². The molecule has 8 nitrogen and oxygen atoms in total. The van der Waals surface area contributed by atoms with E-state index in [1.54, 1.807) is 44.6 Å². The summed E-state index contributed by atoms with van der Waals surface area (Å²) in [5.74, 6) is 1.74. The number of nitrogens with one attached hydrogen (secondary N) is 1. The number of carbonyl (C=O) groups excluding carboxylic acids is 1. The number of benzene rings is 3. The molecule has 1 N–H and O–H groups in total. The van der Waals surface area contributed by atoms with E-state index in [1.807, 2.05) is 47.0 Å². The molecule has 0 aliphatic rings. The standard InChI is InChI=1S/C25H22ClN5O3S/c1-33-21-12-13-22(34-2)18(14-21)15-27-28-23(32)16-35-25-30-29-24(17-6-4-3-5-7-17)31(25)20-10-8-19(26)9-11-20/h3-15H,16H2,1-2H3,(H,28,32). The highest BCUT2D eigenvalue weighted by molar-refractivity contribution is 7.99. The lowest BCUT2D eigenvalue weighted by molar-refractivity contribution is -0.118. The van der Waals surface area contributed by atoms with Gasteiger partial charge in [0.15, 0.2) is 11.0 Å². The Kier molecular flexibility index (Phi) is 8.02. The summed E-state index contributed by atoms with van der Waals surface area (Å²) in [5.41, 5.74) is 4.95. The molecule has 0 saturated heterocycles. The molecule has 0 spiro atoms. The molecule has 1 aromatic heterocycles. The number of hydrazone groups is 1. The van der Waals surface area contributed by atoms with Crippen LogP contribution >= 0.6 is 23.4 Å². The number of halogens is 1. The van der Waals surface area contributed by atoms with Gasteiger partial charge in [0.25, 0.3) is 5.91 Å². The van der Waals surface area contributed by atoms with Crippen molar-refractivity contribution in [3.05, 3.63) is 83.4 Å². The van der Waals surface area contributed by atoms with Crippen molar-refractivity contribution >= 4 is 35.5 Å². The molecule has 0 radical (unpaired) electrons.